The smallest absolute Gasteiger partial charge is 0.322 e. The second-order valence-electron chi connectivity index (χ2n) is 5.06. The first-order valence-corrected chi connectivity index (χ1v) is 6.42. The molecule has 0 fully saturated rings. The number of rotatable bonds is 3. The molecular formula is C15H11FN2O5. The van der Waals surface area contributed by atoms with Crippen LogP contribution >= 0.6 is 0 Å². The molecule has 7 nitrogen and oxygen atoms in total. The molecule has 0 heterocycles. The minimum absolute atomic E-state index is 0.0682. The van der Waals surface area contributed by atoms with E-state index in [0.717, 1.165) is 12.1 Å². The number of halogens is 1. The highest BCUT2D eigenvalue weighted by Gasteiger charge is 2.47. The Balaban J connectivity index is 2.64. The van der Waals surface area contributed by atoms with Crippen LogP contribution in [-0.2, 0) is 19.8 Å². The van der Waals surface area contributed by atoms with Gasteiger partial charge in [-0.05, 0) is 24.6 Å². The van der Waals surface area contributed by atoms with Gasteiger partial charge in [-0.15, -0.1) is 0 Å². The molecule has 118 valence electrons. The summed E-state index contributed by atoms with van der Waals surface area (Å²) in [7, 11) is 0. The number of carbonyl (C=O) groups excluding carboxylic acids is 2. The molecule has 1 aromatic carbocycles. The Morgan fingerprint density at radius 1 is 1.43 bits per heavy atom. The van der Waals surface area contributed by atoms with E-state index >= 15 is 0 Å². The lowest BCUT2D eigenvalue weighted by Crippen LogP contribution is -2.43. The number of carboxylic acid groups (broad SMARTS) is 1. The number of nitriles is 1. The standard InChI is InChI=1S/C15H11FN2O5/c1-15(6-17)9-3-2-7(16)4-8(9)12(21)11(13(15)22)14(23)18-5-10(19)20/h2-4,21H,5H2,1H3,(H,18,23)(H,19,20)/t15-/m1/s1. The summed E-state index contributed by atoms with van der Waals surface area (Å²) < 4.78 is 13.4. The van der Waals surface area contributed by atoms with Crippen LogP contribution in [0, 0.1) is 17.1 Å². The number of carboxylic acids is 1. The quantitative estimate of drug-likeness (QED) is 0.702. The normalized spacial score (nSPS) is 19.8. The highest BCUT2D eigenvalue weighted by molar-refractivity contribution is 6.29. The first kappa shape index (κ1) is 16.2. The third kappa shape index (κ3) is 2.53. The molecule has 23 heavy (non-hydrogen) atoms. The van der Waals surface area contributed by atoms with E-state index in [4.69, 9.17) is 5.11 Å². The van der Waals surface area contributed by atoms with Crippen LogP contribution in [0.5, 0.6) is 0 Å². The van der Waals surface area contributed by atoms with Crippen LogP contribution < -0.4 is 5.32 Å². The number of carbonyl (C=O) groups is 3. The van der Waals surface area contributed by atoms with Crippen LogP contribution in [0.15, 0.2) is 23.8 Å². The molecule has 0 unspecified atom stereocenters. The van der Waals surface area contributed by atoms with E-state index in [-0.39, 0.29) is 11.1 Å². The molecule has 0 saturated heterocycles. The maximum absolute atomic E-state index is 13.4. The van der Waals surface area contributed by atoms with E-state index in [1.165, 1.54) is 13.0 Å². The number of nitrogens with zero attached hydrogens (tertiary/aromatic N) is 1. The van der Waals surface area contributed by atoms with Gasteiger partial charge in [-0.1, -0.05) is 6.07 Å². The van der Waals surface area contributed by atoms with E-state index in [2.05, 4.69) is 0 Å². The van der Waals surface area contributed by atoms with E-state index in [9.17, 15) is 29.1 Å². The van der Waals surface area contributed by atoms with E-state index < -0.39 is 46.8 Å². The van der Waals surface area contributed by atoms with Crippen molar-refractivity contribution in [3.05, 3.63) is 40.7 Å². The number of fused-ring (bicyclic) bond motifs is 1. The zero-order valence-corrected chi connectivity index (χ0v) is 11.9. The van der Waals surface area contributed by atoms with Gasteiger partial charge < -0.3 is 15.5 Å². The maximum Gasteiger partial charge on any atom is 0.322 e. The summed E-state index contributed by atoms with van der Waals surface area (Å²) in [5, 5.41) is 30.0. The van der Waals surface area contributed by atoms with Gasteiger partial charge in [-0.25, -0.2) is 4.39 Å². The SMILES string of the molecule is C[C@]1(C#N)C(=O)C(C(=O)NCC(=O)O)=C(O)c2cc(F)ccc21. The van der Waals surface area contributed by atoms with Crippen molar-refractivity contribution in [1.29, 1.82) is 5.26 Å². The van der Waals surface area contributed by atoms with Gasteiger partial charge in [0.2, 0.25) is 0 Å². The molecule has 1 amide bonds. The van der Waals surface area contributed by atoms with Crippen LogP contribution in [0.4, 0.5) is 4.39 Å². The number of amides is 1. The number of nitrogens with one attached hydrogen (secondary N) is 1. The van der Waals surface area contributed by atoms with Gasteiger partial charge in [0, 0.05) is 5.56 Å². The molecule has 1 aliphatic carbocycles. The van der Waals surface area contributed by atoms with Crippen LogP contribution in [0.1, 0.15) is 18.1 Å². The van der Waals surface area contributed by atoms with E-state index in [1.54, 1.807) is 6.07 Å². The number of hydrogen-bond donors (Lipinski definition) is 3. The number of aliphatic hydroxyl groups is 1. The average molecular weight is 318 g/mol. The van der Waals surface area contributed by atoms with Crippen molar-refractivity contribution in [2.24, 2.45) is 0 Å². The second-order valence-corrected chi connectivity index (χ2v) is 5.06. The van der Waals surface area contributed by atoms with Crippen LogP contribution in [0.25, 0.3) is 5.76 Å². The molecule has 0 spiro atoms. The summed E-state index contributed by atoms with van der Waals surface area (Å²) in [5.41, 5.74) is -2.66. The molecule has 1 atom stereocenters. The van der Waals surface area contributed by atoms with Crippen molar-refractivity contribution in [3.63, 3.8) is 0 Å². The van der Waals surface area contributed by atoms with Crippen LogP contribution in [0.3, 0.4) is 0 Å². The Hall–Kier alpha value is -3.21. The predicted molar refractivity (Wildman–Crippen MR) is 74.6 cm³/mol. The fourth-order valence-electron chi connectivity index (χ4n) is 2.33. The first-order valence-electron chi connectivity index (χ1n) is 6.42. The Morgan fingerprint density at radius 2 is 2.09 bits per heavy atom. The van der Waals surface area contributed by atoms with Gasteiger partial charge in [0.15, 0.2) is 5.78 Å². The monoisotopic (exact) mass is 318 g/mol. The number of aliphatic carboxylic acids is 1. The van der Waals surface area contributed by atoms with E-state index in [0.29, 0.717) is 0 Å². The maximum atomic E-state index is 13.4. The number of Topliss-reactive ketones (excluding diaryl/α,β-unsaturated/α-hetero) is 1. The summed E-state index contributed by atoms with van der Waals surface area (Å²) in [6, 6.07) is 4.88. The van der Waals surface area contributed by atoms with E-state index in [1.807, 2.05) is 5.32 Å². The van der Waals surface area contributed by atoms with Crippen molar-refractivity contribution in [2.45, 2.75) is 12.3 Å². The molecule has 1 aliphatic rings. The number of aliphatic hydroxyl groups excluding tert-OH is 1. The highest BCUT2D eigenvalue weighted by atomic mass is 19.1. The van der Waals surface area contributed by atoms with Crippen molar-refractivity contribution < 1.29 is 29.0 Å². The molecule has 2 rings (SSSR count). The number of ketones is 1. The first-order chi connectivity index (χ1) is 10.7. The second kappa shape index (κ2) is 5.53. The lowest BCUT2D eigenvalue weighted by molar-refractivity contribution is -0.137. The zero-order valence-electron chi connectivity index (χ0n) is 11.9. The minimum atomic E-state index is -1.80. The minimum Gasteiger partial charge on any atom is -0.506 e. The average Bonchev–Trinajstić information content (AvgIpc) is 2.50. The Bertz CT molecular complexity index is 809. The molecule has 0 radical (unpaired) electrons. The molecule has 0 bridgehead atoms. The Morgan fingerprint density at radius 3 is 2.65 bits per heavy atom. The molecule has 0 aromatic heterocycles. The fraction of sp³-hybridized carbons (Fsp3) is 0.200. The lowest BCUT2D eigenvalue weighted by Gasteiger charge is -2.29. The van der Waals surface area contributed by atoms with Crippen molar-refractivity contribution in [3.8, 4) is 6.07 Å². The lowest BCUT2D eigenvalue weighted by atomic mass is 9.70. The molecule has 3 N–H and O–H groups in total. The molecule has 0 aliphatic heterocycles. The zero-order chi connectivity index (χ0) is 17.4. The predicted octanol–water partition coefficient (Wildman–Crippen LogP) is 0.660. The highest BCUT2D eigenvalue weighted by Crippen LogP contribution is 2.39. The van der Waals surface area contributed by atoms with Crippen molar-refractivity contribution in [2.75, 3.05) is 6.54 Å². The topological polar surface area (TPSA) is 127 Å². The van der Waals surface area contributed by atoms with Gasteiger partial charge in [0.1, 0.15) is 29.1 Å². The van der Waals surface area contributed by atoms with Gasteiger partial charge in [0.25, 0.3) is 5.91 Å². The molecule has 0 saturated carbocycles. The number of benzene rings is 1. The molecule has 1 aromatic rings. The van der Waals surface area contributed by atoms with Gasteiger partial charge in [0.05, 0.1) is 6.07 Å². The molecule has 8 heteroatoms. The summed E-state index contributed by atoms with van der Waals surface area (Å²) in [4.78, 5) is 35.0. The van der Waals surface area contributed by atoms with Crippen LogP contribution in [0.2, 0.25) is 0 Å². The summed E-state index contributed by atoms with van der Waals surface area (Å²) in [5.74, 6) is -5.00. The third-order valence-electron chi connectivity index (χ3n) is 3.54. The van der Waals surface area contributed by atoms with Crippen LogP contribution in [-0.4, -0.2) is 34.4 Å². The Kier molecular flexibility index (Phi) is 3.89. The van der Waals surface area contributed by atoms with Gasteiger partial charge in [-0.3, -0.25) is 14.4 Å². The summed E-state index contributed by atoms with van der Waals surface area (Å²) >= 11 is 0. The Labute approximate surface area is 129 Å². The van der Waals surface area contributed by atoms with Gasteiger partial charge in [-0.2, -0.15) is 5.26 Å². The summed E-state index contributed by atoms with van der Waals surface area (Å²) in [6.07, 6.45) is 0. The molecular weight excluding hydrogens is 307 g/mol. The third-order valence-corrected chi connectivity index (χ3v) is 3.54. The van der Waals surface area contributed by atoms with Crippen molar-refractivity contribution >= 4 is 23.4 Å². The summed E-state index contributed by atoms with van der Waals surface area (Å²) in [6.45, 7) is 0.463. The largest absolute Gasteiger partial charge is 0.506 e. The van der Waals surface area contributed by atoms with Gasteiger partial charge >= 0.3 is 5.97 Å². The fourth-order valence-corrected chi connectivity index (χ4v) is 2.33. The number of hydrogen-bond acceptors (Lipinski definition) is 5. The van der Waals surface area contributed by atoms with Crippen molar-refractivity contribution in [1.82, 2.24) is 5.32 Å².